The molecule has 0 bridgehead atoms. The average Bonchev–Trinajstić information content (AvgIpc) is 3.00. The maximum absolute atomic E-state index is 12.7. The molecular formula is C18H18ClN5OS. The van der Waals surface area contributed by atoms with Crippen LogP contribution in [-0.4, -0.2) is 39.8 Å². The molecule has 1 atom stereocenters. The Bertz CT molecular complexity index is 913. The number of halogens is 1. The molecule has 1 heterocycles. The fraction of sp³-hybridized carbons (Fsp3) is 0.167. The number of carbonyl (C=O) groups excluding carboxylic acids is 1. The van der Waals surface area contributed by atoms with Crippen molar-refractivity contribution in [2.75, 3.05) is 19.9 Å². The first-order chi connectivity index (χ1) is 12.5. The van der Waals surface area contributed by atoms with E-state index in [0.717, 1.165) is 11.1 Å². The van der Waals surface area contributed by atoms with Crippen LogP contribution < -0.4 is 5.84 Å². The van der Waals surface area contributed by atoms with E-state index in [4.69, 9.17) is 17.4 Å². The molecule has 0 fully saturated rings. The number of thioether (sulfide) groups is 1. The number of carbonyl (C=O) groups is 1. The Hall–Kier alpha value is -2.51. The first-order valence-electron chi connectivity index (χ1n) is 7.86. The molecule has 0 radical (unpaired) electrons. The lowest BCUT2D eigenvalue weighted by Crippen LogP contribution is -2.27. The third-order valence-electron chi connectivity index (χ3n) is 3.74. The van der Waals surface area contributed by atoms with Gasteiger partial charge in [0.15, 0.2) is 5.82 Å². The monoisotopic (exact) mass is 387 g/mol. The van der Waals surface area contributed by atoms with Gasteiger partial charge in [0.1, 0.15) is 5.25 Å². The second-order valence-electron chi connectivity index (χ2n) is 5.83. The number of nitrogens with two attached hydrogens (primary N) is 1. The molecule has 0 aliphatic rings. The van der Waals surface area contributed by atoms with Crippen LogP contribution in [0, 0.1) is 0 Å². The molecule has 3 aromatic rings. The summed E-state index contributed by atoms with van der Waals surface area (Å²) in [5.41, 5.74) is 1.64. The highest BCUT2D eigenvalue weighted by Gasteiger charge is 2.26. The lowest BCUT2D eigenvalue weighted by Gasteiger charge is -2.20. The van der Waals surface area contributed by atoms with Crippen LogP contribution in [-0.2, 0) is 4.79 Å². The first kappa shape index (κ1) is 18.3. The highest BCUT2D eigenvalue weighted by molar-refractivity contribution is 8.00. The van der Waals surface area contributed by atoms with E-state index in [1.165, 1.54) is 16.4 Å². The lowest BCUT2D eigenvalue weighted by molar-refractivity contribution is -0.128. The van der Waals surface area contributed by atoms with Gasteiger partial charge in [-0.2, -0.15) is 0 Å². The van der Waals surface area contributed by atoms with Crippen molar-refractivity contribution in [3.63, 3.8) is 0 Å². The summed E-state index contributed by atoms with van der Waals surface area (Å²) in [6.07, 6.45) is 0. The number of hydrogen-bond acceptors (Lipinski definition) is 5. The minimum absolute atomic E-state index is 0.0477. The fourth-order valence-electron chi connectivity index (χ4n) is 2.41. The Morgan fingerprint density at radius 1 is 1.15 bits per heavy atom. The molecule has 0 aliphatic heterocycles. The normalized spacial score (nSPS) is 12.0. The molecule has 134 valence electrons. The molecule has 0 aliphatic carbocycles. The predicted molar refractivity (Wildman–Crippen MR) is 104 cm³/mol. The highest BCUT2D eigenvalue weighted by atomic mass is 35.5. The molecule has 0 unspecified atom stereocenters. The van der Waals surface area contributed by atoms with E-state index in [1.807, 2.05) is 42.5 Å². The third-order valence-corrected chi connectivity index (χ3v) is 5.17. The van der Waals surface area contributed by atoms with Crippen molar-refractivity contribution in [3.8, 4) is 11.4 Å². The molecule has 1 amide bonds. The highest BCUT2D eigenvalue weighted by Crippen LogP contribution is 2.36. The zero-order valence-electron chi connectivity index (χ0n) is 14.3. The van der Waals surface area contributed by atoms with Crippen LogP contribution in [0.25, 0.3) is 11.4 Å². The smallest absolute Gasteiger partial charge is 0.240 e. The van der Waals surface area contributed by atoms with E-state index >= 15 is 0 Å². The van der Waals surface area contributed by atoms with Gasteiger partial charge in [0.05, 0.1) is 0 Å². The standard InChI is InChI=1S/C18H18ClN5OS/c1-23(2)17(25)15(12-7-4-3-5-8-12)26-18-22-21-16(24(18)20)13-9-6-10-14(19)11-13/h3-11,15H,20H2,1-2H3/t15-/m1/s1. The third kappa shape index (κ3) is 3.84. The molecule has 0 saturated heterocycles. The average molecular weight is 388 g/mol. The number of benzene rings is 2. The fourth-order valence-corrected chi connectivity index (χ4v) is 3.70. The van der Waals surface area contributed by atoms with Crippen LogP contribution in [0.1, 0.15) is 10.8 Å². The molecule has 8 heteroatoms. The second-order valence-corrected chi connectivity index (χ2v) is 7.34. The van der Waals surface area contributed by atoms with E-state index < -0.39 is 5.25 Å². The van der Waals surface area contributed by atoms with Gasteiger partial charge in [0, 0.05) is 24.7 Å². The summed E-state index contributed by atoms with van der Waals surface area (Å²) in [5, 5.41) is 8.90. The van der Waals surface area contributed by atoms with Gasteiger partial charge >= 0.3 is 0 Å². The van der Waals surface area contributed by atoms with Crippen LogP contribution in [0.15, 0.2) is 59.8 Å². The van der Waals surface area contributed by atoms with Crippen LogP contribution in [0.2, 0.25) is 5.02 Å². The van der Waals surface area contributed by atoms with Gasteiger partial charge in [-0.15, -0.1) is 10.2 Å². The van der Waals surface area contributed by atoms with E-state index in [0.29, 0.717) is 16.0 Å². The summed E-state index contributed by atoms with van der Waals surface area (Å²) < 4.78 is 1.38. The summed E-state index contributed by atoms with van der Waals surface area (Å²) in [4.78, 5) is 14.2. The molecule has 2 aromatic carbocycles. The molecule has 2 N–H and O–H groups in total. The minimum Gasteiger partial charge on any atom is -0.348 e. The summed E-state index contributed by atoms with van der Waals surface area (Å²) in [6.45, 7) is 0. The van der Waals surface area contributed by atoms with Crippen LogP contribution >= 0.6 is 23.4 Å². The Morgan fingerprint density at radius 2 is 1.88 bits per heavy atom. The molecular weight excluding hydrogens is 370 g/mol. The van der Waals surface area contributed by atoms with E-state index in [9.17, 15) is 4.79 Å². The van der Waals surface area contributed by atoms with Crippen molar-refractivity contribution >= 4 is 29.3 Å². The second kappa shape index (κ2) is 7.80. The van der Waals surface area contributed by atoms with E-state index in [-0.39, 0.29) is 5.91 Å². The zero-order chi connectivity index (χ0) is 18.7. The van der Waals surface area contributed by atoms with Gasteiger partial charge in [0.2, 0.25) is 11.1 Å². The number of rotatable bonds is 5. The maximum atomic E-state index is 12.7. The van der Waals surface area contributed by atoms with Gasteiger partial charge in [-0.1, -0.05) is 65.8 Å². The van der Waals surface area contributed by atoms with Crippen molar-refractivity contribution in [2.24, 2.45) is 0 Å². The van der Waals surface area contributed by atoms with E-state index in [1.54, 1.807) is 31.1 Å². The lowest BCUT2D eigenvalue weighted by atomic mass is 10.1. The molecule has 0 saturated carbocycles. The summed E-state index contributed by atoms with van der Waals surface area (Å²) in [7, 11) is 3.45. The number of amides is 1. The Balaban J connectivity index is 1.94. The van der Waals surface area contributed by atoms with Crippen LogP contribution in [0.3, 0.4) is 0 Å². The summed E-state index contributed by atoms with van der Waals surface area (Å²) in [5.74, 6) is 6.63. The van der Waals surface area contributed by atoms with E-state index in [2.05, 4.69) is 10.2 Å². The number of nitrogen functional groups attached to an aromatic ring is 1. The predicted octanol–water partition coefficient (Wildman–Crippen LogP) is 3.23. The van der Waals surface area contributed by atoms with Gasteiger partial charge < -0.3 is 10.7 Å². The Morgan fingerprint density at radius 3 is 2.54 bits per heavy atom. The van der Waals surface area contributed by atoms with Gasteiger partial charge in [-0.25, -0.2) is 4.68 Å². The first-order valence-corrected chi connectivity index (χ1v) is 9.12. The number of likely N-dealkylation sites (N-methyl/N-ethyl adjacent to an activating group) is 1. The van der Waals surface area contributed by atoms with Crippen molar-refractivity contribution in [2.45, 2.75) is 10.4 Å². The van der Waals surface area contributed by atoms with Crippen molar-refractivity contribution < 1.29 is 4.79 Å². The van der Waals surface area contributed by atoms with Crippen molar-refractivity contribution in [1.29, 1.82) is 0 Å². The molecule has 26 heavy (non-hydrogen) atoms. The van der Waals surface area contributed by atoms with Crippen molar-refractivity contribution in [3.05, 3.63) is 65.2 Å². The summed E-state index contributed by atoms with van der Waals surface area (Å²) in [6, 6.07) is 16.8. The van der Waals surface area contributed by atoms with Gasteiger partial charge in [-0.3, -0.25) is 4.79 Å². The SMILES string of the molecule is CN(C)C(=O)[C@H](Sc1nnc(-c2cccc(Cl)c2)n1N)c1ccccc1. The largest absolute Gasteiger partial charge is 0.348 e. The Labute approximate surface area is 160 Å². The van der Waals surface area contributed by atoms with Crippen molar-refractivity contribution in [1.82, 2.24) is 19.8 Å². The van der Waals surface area contributed by atoms with Gasteiger partial charge in [0.25, 0.3) is 0 Å². The molecule has 0 spiro atoms. The number of hydrogen-bond donors (Lipinski definition) is 1. The maximum Gasteiger partial charge on any atom is 0.240 e. The number of aromatic nitrogens is 3. The molecule has 3 rings (SSSR count). The zero-order valence-corrected chi connectivity index (χ0v) is 15.9. The minimum atomic E-state index is -0.468. The summed E-state index contributed by atoms with van der Waals surface area (Å²) >= 11 is 7.31. The molecule has 1 aromatic heterocycles. The van der Waals surface area contributed by atoms with Gasteiger partial charge in [-0.05, 0) is 17.7 Å². The van der Waals surface area contributed by atoms with Crippen LogP contribution in [0.4, 0.5) is 0 Å². The quantitative estimate of drug-likeness (QED) is 0.537. The van der Waals surface area contributed by atoms with Crippen LogP contribution in [0.5, 0.6) is 0 Å². The molecule has 6 nitrogen and oxygen atoms in total. The Kier molecular flexibility index (Phi) is 5.49. The number of nitrogens with zero attached hydrogens (tertiary/aromatic N) is 4. The topological polar surface area (TPSA) is 77.0 Å².